The number of hydrogen-bond donors (Lipinski definition) is 0. The van der Waals surface area contributed by atoms with E-state index in [2.05, 4.69) is 0 Å². The van der Waals surface area contributed by atoms with Crippen LogP contribution in [0.5, 0.6) is 0 Å². The molecule has 3 heterocycles. The van der Waals surface area contributed by atoms with Gasteiger partial charge in [0.05, 0.1) is 59.0 Å². The number of fused-ring (bicyclic) bond motifs is 1. The van der Waals surface area contributed by atoms with Gasteiger partial charge >= 0.3 is 5.97 Å². The second-order valence-electron chi connectivity index (χ2n) is 15.8. The minimum Gasteiger partial charge on any atom is -0.455 e. The average Bonchev–Trinajstić information content (AvgIpc) is 3.33. The van der Waals surface area contributed by atoms with Crippen molar-refractivity contribution in [1.29, 1.82) is 0 Å². The summed E-state index contributed by atoms with van der Waals surface area (Å²) >= 11 is 0. The van der Waals surface area contributed by atoms with E-state index in [1.165, 1.54) is 0 Å². The number of benzene rings is 5. The third kappa shape index (κ3) is 12.7. The van der Waals surface area contributed by atoms with Crippen molar-refractivity contribution in [2.75, 3.05) is 26.4 Å². The molecule has 3 saturated heterocycles. The molecule has 8 rings (SSSR count). The van der Waals surface area contributed by atoms with Crippen molar-refractivity contribution >= 4 is 5.97 Å². The molecule has 12 nitrogen and oxygen atoms in total. The highest BCUT2D eigenvalue weighted by molar-refractivity contribution is 5.71. The molecule has 10 atom stereocenters. The van der Waals surface area contributed by atoms with Gasteiger partial charge in [-0.15, -0.1) is 0 Å². The molecular weight excluding hydrogens is 805 g/mol. The number of rotatable bonds is 21. The van der Waals surface area contributed by atoms with Crippen molar-refractivity contribution in [3.05, 3.63) is 179 Å². The van der Waals surface area contributed by atoms with Gasteiger partial charge < -0.3 is 52.1 Å². The van der Waals surface area contributed by atoms with Gasteiger partial charge in [0.2, 0.25) is 0 Å². The number of esters is 1. The molecule has 0 saturated carbocycles. The second-order valence-corrected chi connectivity index (χ2v) is 15.8. The predicted molar refractivity (Wildman–Crippen MR) is 231 cm³/mol. The molecule has 0 aliphatic carbocycles. The molecule has 0 unspecified atom stereocenters. The summed E-state index contributed by atoms with van der Waals surface area (Å²) in [5, 5.41) is 0. The van der Waals surface area contributed by atoms with Crippen LogP contribution in [-0.2, 0) is 89.9 Å². The lowest BCUT2D eigenvalue weighted by Gasteiger charge is -2.47. The van der Waals surface area contributed by atoms with Crippen molar-refractivity contribution in [1.82, 2.24) is 0 Å². The van der Waals surface area contributed by atoms with Crippen LogP contribution in [0.4, 0.5) is 0 Å². The first-order valence-electron chi connectivity index (χ1n) is 21.7. The standard InChI is InChI=1S/C51H56O12/c1-36-44(56-30-38-19-9-3-10-20-38)46(57-31-39-21-11-4-12-22-39)48(58-32-40-23-13-5-14-24-40)50(61-36)54-27-28-55-51-49(59-33-41-25-15-6-16-26-41)47-45(63-43(52)35-60-47)42(62-51)34-53-29-37-17-7-2-8-18-37/h2-26,36,42,44-51H,27-35H2,1H3/t36-,42+,44+,45-,46+,47-,48-,49+,50+,51+/m0/s1. The number of hydrogen-bond acceptors (Lipinski definition) is 12. The fourth-order valence-corrected chi connectivity index (χ4v) is 7.97. The molecule has 3 aliphatic rings. The molecule has 5 aromatic rings. The van der Waals surface area contributed by atoms with E-state index in [9.17, 15) is 4.79 Å². The van der Waals surface area contributed by atoms with Crippen molar-refractivity contribution in [2.24, 2.45) is 0 Å². The zero-order chi connectivity index (χ0) is 43.1. The van der Waals surface area contributed by atoms with Crippen LogP contribution in [0, 0.1) is 0 Å². The van der Waals surface area contributed by atoms with Crippen LogP contribution in [0.2, 0.25) is 0 Å². The van der Waals surface area contributed by atoms with Crippen LogP contribution >= 0.6 is 0 Å². The fourth-order valence-electron chi connectivity index (χ4n) is 7.97. The van der Waals surface area contributed by atoms with Gasteiger partial charge in [-0.05, 0) is 34.7 Å². The maximum Gasteiger partial charge on any atom is 0.332 e. The summed E-state index contributed by atoms with van der Waals surface area (Å²) in [5.74, 6) is -0.480. The highest BCUT2D eigenvalue weighted by Crippen LogP contribution is 2.34. The monoisotopic (exact) mass is 860 g/mol. The summed E-state index contributed by atoms with van der Waals surface area (Å²) in [6.07, 6.45) is -6.81. The molecule has 0 aromatic heterocycles. The van der Waals surface area contributed by atoms with E-state index >= 15 is 0 Å². The maximum atomic E-state index is 12.6. The zero-order valence-electron chi connectivity index (χ0n) is 35.5. The van der Waals surface area contributed by atoms with Crippen LogP contribution in [0.3, 0.4) is 0 Å². The molecule has 5 aromatic carbocycles. The summed E-state index contributed by atoms with van der Waals surface area (Å²) in [6.45, 7) is 3.68. The van der Waals surface area contributed by atoms with E-state index in [1.54, 1.807) is 0 Å². The van der Waals surface area contributed by atoms with E-state index in [0.717, 1.165) is 27.8 Å². The summed E-state index contributed by atoms with van der Waals surface area (Å²) in [5.41, 5.74) is 5.01. The highest BCUT2D eigenvalue weighted by Gasteiger charge is 2.52. The Bertz CT molecular complexity index is 2060. The van der Waals surface area contributed by atoms with Gasteiger partial charge in [0, 0.05) is 0 Å². The van der Waals surface area contributed by atoms with Crippen LogP contribution in [0.25, 0.3) is 0 Å². The molecule has 3 aliphatic heterocycles. The van der Waals surface area contributed by atoms with Crippen molar-refractivity contribution in [3.63, 3.8) is 0 Å². The van der Waals surface area contributed by atoms with E-state index in [-0.39, 0.29) is 33.0 Å². The molecule has 3 fully saturated rings. The predicted octanol–water partition coefficient (Wildman–Crippen LogP) is 7.36. The first-order chi connectivity index (χ1) is 31.1. The van der Waals surface area contributed by atoms with Gasteiger partial charge in [0.1, 0.15) is 43.2 Å². The van der Waals surface area contributed by atoms with Crippen molar-refractivity contribution < 1.29 is 56.9 Å². The van der Waals surface area contributed by atoms with Crippen molar-refractivity contribution in [3.8, 4) is 0 Å². The summed E-state index contributed by atoms with van der Waals surface area (Å²) in [4.78, 5) is 12.6. The van der Waals surface area contributed by atoms with Crippen molar-refractivity contribution in [2.45, 2.75) is 101 Å². The Hall–Kier alpha value is -4.83. The minimum absolute atomic E-state index is 0.0910. The second kappa shape index (κ2) is 23.2. The van der Waals surface area contributed by atoms with Crippen LogP contribution in [0.15, 0.2) is 152 Å². The Morgan fingerprint density at radius 2 is 0.873 bits per heavy atom. The molecule has 0 N–H and O–H groups in total. The quantitative estimate of drug-likeness (QED) is 0.0542. The molecule has 0 spiro atoms. The topological polar surface area (TPSA) is 119 Å². The van der Waals surface area contributed by atoms with Gasteiger partial charge in [-0.1, -0.05) is 152 Å². The first kappa shape index (κ1) is 44.8. The first-order valence-corrected chi connectivity index (χ1v) is 21.7. The maximum absolute atomic E-state index is 12.6. The SMILES string of the molecule is C[C@@H]1O[C@@H](OCCO[C@@H]2O[C@H](COCc3ccccc3)[C@@H]3OC(=O)CO[C@@H]3[C@H]2OCc2ccccc2)[C@@H](OCc2ccccc2)[C@H](OCc2ccccc2)[C@@H]1OCc1ccccc1. The lowest BCUT2D eigenvalue weighted by molar-refractivity contribution is -0.339. The molecule has 63 heavy (non-hydrogen) atoms. The highest BCUT2D eigenvalue weighted by atomic mass is 16.8. The largest absolute Gasteiger partial charge is 0.455 e. The Balaban J connectivity index is 0.979. The zero-order valence-corrected chi connectivity index (χ0v) is 35.5. The lowest BCUT2D eigenvalue weighted by Crippen LogP contribution is -2.64. The van der Waals surface area contributed by atoms with E-state index < -0.39 is 67.4 Å². The van der Waals surface area contributed by atoms with Gasteiger partial charge in [-0.3, -0.25) is 0 Å². The van der Waals surface area contributed by atoms with E-state index in [4.69, 9.17) is 52.1 Å². The van der Waals surface area contributed by atoms with E-state index in [1.807, 2.05) is 159 Å². The Morgan fingerprint density at radius 3 is 1.37 bits per heavy atom. The summed E-state index contributed by atoms with van der Waals surface area (Å²) < 4.78 is 70.8. The van der Waals surface area contributed by atoms with Crippen LogP contribution < -0.4 is 0 Å². The number of carbonyl (C=O) groups excluding carboxylic acids is 1. The van der Waals surface area contributed by atoms with Gasteiger partial charge in [0.15, 0.2) is 18.7 Å². The van der Waals surface area contributed by atoms with E-state index in [0.29, 0.717) is 26.4 Å². The Labute approximate surface area is 369 Å². The van der Waals surface area contributed by atoms with Crippen LogP contribution in [0.1, 0.15) is 34.7 Å². The Morgan fingerprint density at radius 1 is 0.460 bits per heavy atom. The summed E-state index contributed by atoms with van der Waals surface area (Å²) in [7, 11) is 0. The van der Waals surface area contributed by atoms with Gasteiger partial charge in [-0.2, -0.15) is 0 Å². The summed E-state index contributed by atoms with van der Waals surface area (Å²) in [6, 6.07) is 49.6. The molecule has 0 amide bonds. The molecule has 332 valence electrons. The normalized spacial score (nSPS) is 27.0. The third-order valence-electron chi connectivity index (χ3n) is 11.2. The lowest BCUT2D eigenvalue weighted by atomic mass is 9.97. The average molecular weight is 861 g/mol. The van der Waals surface area contributed by atoms with Gasteiger partial charge in [-0.25, -0.2) is 4.79 Å². The smallest absolute Gasteiger partial charge is 0.332 e. The molecule has 12 heteroatoms. The Kier molecular flexibility index (Phi) is 16.5. The minimum atomic E-state index is -0.922. The molecule has 0 bridgehead atoms. The third-order valence-corrected chi connectivity index (χ3v) is 11.2. The number of ether oxygens (including phenoxy) is 11. The fraction of sp³-hybridized carbons (Fsp3) is 0.392. The van der Waals surface area contributed by atoms with Crippen LogP contribution in [-0.4, -0.2) is 93.8 Å². The number of carbonyl (C=O) groups is 1. The van der Waals surface area contributed by atoms with Gasteiger partial charge in [0.25, 0.3) is 0 Å². The molecule has 0 radical (unpaired) electrons. The molecular formula is C51H56O12.